The van der Waals surface area contributed by atoms with Gasteiger partial charge in [0, 0.05) is 48.6 Å². The highest BCUT2D eigenvalue weighted by atomic mass is 19.1. The van der Waals surface area contributed by atoms with Crippen LogP contribution in [0.1, 0.15) is 48.8 Å². The Labute approximate surface area is 179 Å². The quantitative estimate of drug-likeness (QED) is 0.598. The van der Waals surface area contributed by atoms with Crippen LogP contribution in [0.4, 0.5) is 20.3 Å². The van der Waals surface area contributed by atoms with E-state index in [9.17, 15) is 13.6 Å². The van der Waals surface area contributed by atoms with Gasteiger partial charge in [0.1, 0.15) is 11.6 Å². The van der Waals surface area contributed by atoms with Gasteiger partial charge in [-0.3, -0.25) is 4.79 Å². The molecule has 1 aliphatic heterocycles. The van der Waals surface area contributed by atoms with Gasteiger partial charge in [-0.1, -0.05) is 32.0 Å². The van der Waals surface area contributed by atoms with Gasteiger partial charge in [0.25, 0.3) is 5.91 Å². The second-order valence-corrected chi connectivity index (χ2v) is 7.80. The van der Waals surface area contributed by atoms with Crippen LogP contribution >= 0.6 is 0 Å². The van der Waals surface area contributed by atoms with Crippen molar-refractivity contribution in [3.8, 4) is 11.1 Å². The highest BCUT2D eigenvalue weighted by Gasteiger charge is 2.25. The number of carbonyl (C=O) groups excluding carboxylic acids is 1. The summed E-state index contributed by atoms with van der Waals surface area (Å²) in [7, 11) is 0. The summed E-state index contributed by atoms with van der Waals surface area (Å²) < 4.78 is 29.1. The Bertz CT molecular complexity index is 1100. The number of hydrogen-bond acceptors (Lipinski definition) is 5. The summed E-state index contributed by atoms with van der Waals surface area (Å²) in [4.78, 5) is 27.4. The molecule has 4 rings (SSSR count). The van der Waals surface area contributed by atoms with E-state index < -0.39 is 17.7 Å². The molecule has 8 heteroatoms. The van der Waals surface area contributed by atoms with Gasteiger partial charge >= 0.3 is 0 Å². The Kier molecular flexibility index (Phi) is 5.88. The molecular formula is C23H23F2N5O. The third-order valence-electron chi connectivity index (χ3n) is 5.23. The van der Waals surface area contributed by atoms with Crippen molar-refractivity contribution < 1.29 is 13.6 Å². The molecule has 0 unspecified atom stereocenters. The van der Waals surface area contributed by atoms with E-state index in [1.807, 2.05) is 18.7 Å². The van der Waals surface area contributed by atoms with Gasteiger partial charge < -0.3 is 10.2 Å². The molecule has 0 atom stereocenters. The highest BCUT2D eigenvalue weighted by molar-refractivity contribution is 6.08. The monoisotopic (exact) mass is 423 g/mol. The van der Waals surface area contributed by atoms with E-state index in [4.69, 9.17) is 0 Å². The van der Waals surface area contributed by atoms with Crippen LogP contribution in [0.15, 0.2) is 42.7 Å². The number of anilines is 2. The first-order valence-corrected chi connectivity index (χ1v) is 10.3. The molecule has 1 saturated heterocycles. The molecule has 31 heavy (non-hydrogen) atoms. The molecule has 3 heterocycles. The van der Waals surface area contributed by atoms with E-state index in [0.29, 0.717) is 24.7 Å². The molecular weight excluding hydrogens is 400 g/mol. The summed E-state index contributed by atoms with van der Waals surface area (Å²) in [6.45, 7) is 5.29. The van der Waals surface area contributed by atoms with E-state index in [1.165, 1.54) is 18.5 Å². The van der Waals surface area contributed by atoms with Crippen molar-refractivity contribution in [2.24, 2.45) is 0 Å². The van der Waals surface area contributed by atoms with Crippen molar-refractivity contribution in [2.75, 3.05) is 23.3 Å². The zero-order chi connectivity index (χ0) is 22.0. The van der Waals surface area contributed by atoms with Crippen molar-refractivity contribution in [1.82, 2.24) is 15.0 Å². The van der Waals surface area contributed by atoms with Crippen molar-refractivity contribution in [3.63, 3.8) is 0 Å². The van der Waals surface area contributed by atoms with Gasteiger partial charge in [-0.25, -0.2) is 19.3 Å². The van der Waals surface area contributed by atoms with E-state index in [0.717, 1.165) is 18.9 Å². The number of halogens is 2. The Hall–Kier alpha value is -3.42. The van der Waals surface area contributed by atoms with Gasteiger partial charge in [-0.05, 0) is 18.9 Å². The van der Waals surface area contributed by atoms with Crippen LogP contribution in [0.25, 0.3) is 11.1 Å². The number of nitrogens with one attached hydrogen (secondary N) is 1. The summed E-state index contributed by atoms with van der Waals surface area (Å²) in [6.07, 6.45) is 4.77. The number of benzene rings is 1. The zero-order valence-corrected chi connectivity index (χ0v) is 17.4. The van der Waals surface area contributed by atoms with Gasteiger partial charge in [0.05, 0.1) is 11.3 Å². The normalized spacial score (nSPS) is 13.6. The molecule has 1 aliphatic rings. The summed E-state index contributed by atoms with van der Waals surface area (Å²) >= 11 is 0. The number of carbonyl (C=O) groups is 1. The molecule has 1 aromatic carbocycles. The summed E-state index contributed by atoms with van der Waals surface area (Å²) in [5.41, 5.74) is 0.943. The SMILES string of the molecule is CC(C)c1ncc(C(=O)Nc2c(-c3ccccc3F)cc(F)nc2N2CCCC2)cn1. The number of pyridine rings is 1. The summed E-state index contributed by atoms with van der Waals surface area (Å²) in [6, 6.07) is 7.22. The van der Waals surface area contributed by atoms with Crippen molar-refractivity contribution in [1.29, 1.82) is 0 Å². The molecule has 1 N–H and O–H groups in total. The minimum Gasteiger partial charge on any atom is -0.355 e. The standard InChI is InChI=1S/C23H23F2N5O/c1-14(2)21-26-12-15(13-27-21)23(31)29-20-17(16-7-3-4-8-18(16)24)11-19(25)28-22(20)30-9-5-6-10-30/h3-4,7-8,11-14H,5-6,9-10H2,1-2H3,(H,29,31). The predicted octanol–water partition coefficient (Wildman–Crippen LogP) is 4.79. The molecule has 2 aromatic heterocycles. The second-order valence-electron chi connectivity index (χ2n) is 7.80. The number of aromatic nitrogens is 3. The van der Waals surface area contributed by atoms with E-state index in [-0.39, 0.29) is 28.3 Å². The largest absolute Gasteiger partial charge is 0.355 e. The van der Waals surface area contributed by atoms with E-state index in [2.05, 4.69) is 20.3 Å². The Morgan fingerprint density at radius 1 is 1.06 bits per heavy atom. The first kappa shape index (κ1) is 20.8. The zero-order valence-electron chi connectivity index (χ0n) is 17.4. The van der Waals surface area contributed by atoms with Crippen molar-refractivity contribution >= 4 is 17.4 Å². The number of hydrogen-bond donors (Lipinski definition) is 1. The molecule has 160 valence electrons. The fourth-order valence-corrected chi connectivity index (χ4v) is 3.61. The predicted molar refractivity (Wildman–Crippen MR) is 115 cm³/mol. The first-order chi connectivity index (χ1) is 14.9. The molecule has 0 saturated carbocycles. The minimum atomic E-state index is -0.734. The average molecular weight is 423 g/mol. The van der Waals surface area contributed by atoms with Crippen LogP contribution in [-0.4, -0.2) is 33.9 Å². The van der Waals surface area contributed by atoms with Crippen molar-refractivity contribution in [3.05, 3.63) is 65.9 Å². The molecule has 0 aliphatic carbocycles. The molecule has 6 nitrogen and oxygen atoms in total. The minimum absolute atomic E-state index is 0.132. The van der Waals surface area contributed by atoms with E-state index >= 15 is 0 Å². The summed E-state index contributed by atoms with van der Waals surface area (Å²) in [5.74, 6) is -0.661. The number of rotatable bonds is 5. The lowest BCUT2D eigenvalue weighted by molar-refractivity contribution is 0.102. The van der Waals surface area contributed by atoms with Gasteiger partial charge in [0.2, 0.25) is 5.95 Å². The smallest absolute Gasteiger partial charge is 0.258 e. The third kappa shape index (κ3) is 4.38. The first-order valence-electron chi connectivity index (χ1n) is 10.3. The highest BCUT2D eigenvalue weighted by Crippen LogP contribution is 2.38. The van der Waals surface area contributed by atoms with Crippen LogP contribution in [0.2, 0.25) is 0 Å². The van der Waals surface area contributed by atoms with Crippen LogP contribution in [-0.2, 0) is 0 Å². The lowest BCUT2D eigenvalue weighted by Gasteiger charge is -2.23. The Balaban J connectivity index is 1.78. The van der Waals surface area contributed by atoms with Gasteiger partial charge in [0.15, 0.2) is 5.82 Å². The molecule has 1 amide bonds. The van der Waals surface area contributed by atoms with Gasteiger partial charge in [-0.2, -0.15) is 4.39 Å². The van der Waals surface area contributed by atoms with Crippen LogP contribution in [0, 0.1) is 11.8 Å². The second kappa shape index (κ2) is 8.75. The van der Waals surface area contributed by atoms with Crippen molar-refractivity contribution in [2.45, 2.75) is 32.6 Å². The molecule has 0 spiro atoms. The lowest BCUT2D eigenvalue weighted by atomic mass is 10.0. The lowest BCUT2D eigenvalue weighted by Crippen LogP contribution is -2.23. The topological polar surface area (TPSA) is 71.0 Å². The number of amides is 1. The Morgan fingerprint density at radius 2 is 1.74 bits per heavy atom. The van der Waals surface area contributed by atoms with Crippen LogP contribution in [0.5, 0.6) is 0 Å². The number of nitrogens with zero attached hydrogens (tertiary/aromatic N) is 4. The van der Waals surface area contributed by atoms with Crippen LogP contribution < -0.4 is 10.2 Å². The molecule has 3 aromatic rings. The third-order valence-corrected chi connectivity index (χ3v) is 5.23. The Morgan fingerprint density at radius 3 is 2.39 bits per heavy atom. The molecule has 0 bridgehead atoms. The average Bonchev–Trinajstić information content (AvgIpc) is 3.30. The fourth-order valence-electron chi connectivity index (χ4n) is 3.61. The maximum atomic E-state index is 14.6. The molecule has 0 radical (unpaired) electrons. The maximum Gasteiger partial charge on any atom is 0.258 e. The van der Waals surface area contributed by atoms with Gasteiger partial charge in [-0.15, -0.1) is 0 Å². The molecule has 1 fully saturated rings. The van der Waals surface area contributed by atoms with E-state index in [1.54, 1.807) is 18.2 Å². The fraction of sp³-hybridized carbons (Fsp3) is 0.304. The van der Waals surface area contributed by atoms with Crippen LogP contribution in [0.3, 0.4) is 0 Å². The maximum absolute atomic E-state index is 14.6. The summed E-state index contributed by atoms with van der Waals surface area (Å²) in [5, 5.41) is 2.82.